The zero-order valence-corrected chi connectivity index (χ0v) is 14.3. The van der Waals surface area contributed by atoms with Gasteiger partial charge >= 0.3 is 0 Å². The van der Waals surface area contributed by atoms with E-state index in [-0.39, 0.29) is 23.9 Å². The van der Waals surface area contributed by atoms with Crippen molar-refractivity contribution in [2.24, 2.45) is 7.05 Å². The van der Waals surface area contributed by atoms with E-state index in [1.165, 1.54) is 24.3 Å². The summed E-state index contributed by atoms with van der Waals surface area (Å²) in [5.74, 6) is -1.14. The summed E-state index contributed by atoms with van der Waals surface area (Å²) in [6.45, 7) is 7.35. The first-order chi connectivity index (χ1) is 11.8. The van der Waals surface area contributed by atoms with Crippen LogP contribution in [0.3, 0.4) is 0 Å². The first kappa shape index (κ1) is 16.6. The van der Waals surface area contributed by atoms with Crippen molar-refractivity contribution >= 4 is 23.4 Å². The van der Waals surface area contributed by atoms with Crippen LogP contribution < -0.4 is 5.32 Å². The van der Waals surface area contributed by atoms with Crippen LogP contribution in [0.25, 0.3) is 0 Å². The highest BCUT2D eigenvalue weighted by Crippen LogP contribution is 2.25. The zero-order chi connectivity index (χ0) is 18.3. The molecule has 2 heterocycles. The molecule has 0 spiro atoms. The second-order valence-corrected chi connectivity index (χ2v) is 5.89. The molecule has 1 aromatic carbocycles. The number of nitrogens with one attached hydrogen (secondary N) is 1. The molecule has 0 radical (unpaired) electrons. The summed E-state index contributed by atoms with van der Waals surface area (Å²) in [5.41, 5.74) is 3.02. The van der Waals surface area contributed by atoms with Crippen LogP contribution in [0.5, 0.6) is 0 Å². The van der Waals surface area contributed by atoms with Gasteiger partial charge in [-0.1, -0.05) is 6.08 Å². The smallest absolute Gasteiger partial charge is 0.261 e. The molecule has 7 heteroatoms. The molecule has 0 saturated heterocycles. The van der Waals surface area contributed by atoms with E-state index in [0.717, 1.165) is 10.6 Å². The van der Waals surface area contributed by atoms with Crippen molar-refractivity contribution in [3.63, 3.8) is 0 Å². The van der Waals surface area contributed by atoms with Crippen molar-refractivity contribution in [1.29, 1.82) is 0 Å². The first-order valence-electron chi connectivity index (χ1n) is 7.77. The number of carbonyl (C=O) groups is 3. The monoisotopic (exact) mass is 338 g/mol. The summed E-state index contributed by atoms with van der Waals surface area (Å²) in [5, 5.41) is 7.08. The molecule has 1 aliphatic heterocycles. The van der Waals surface area contributed by atoms with Crippen LogP contribution in [-0.2, 0) is 7.05 Å². The third kappa shape index (κ3) is 2.63. The van der Waals surface area contributed by atoms with Crippen molar-refractivity contribution in [1.82, 2.24) is 14.7 Å². The van der Waals surface area contributed by atoms with E-state index in [2.05, 4.69) is 17.0 Å². The number of fused-ring (bicyclic) bond motifs is 1. The molecule has 0 saturated carbocycles. The van der Waals surface area contributed by atoms with E-state index in [4.69, 9.17) is 0 Å². The van der Waals surface area contributed by atoms with Crippen molar-refractivity contribution in [2.75, 3.05) is 11.9 Å². The molecular formula is C18H18N4O3. The molecule has 128 valence electrons. The Morgan fingerprint density at radius 3 is 2.52 bits per heavy atom. The molecule has 0 atom stereocenters. The fraction of sp³-hybridized carbons (Fsp3) is 0.222. The molecule has 1 aliphatic rings. The predicted octanol–water partition coefficient (Wildman–Crippen LogP) is 2.07. The fourth-order valence-corrected chi connectivity index (χ4v) is 2.87. The van der Waals surface area contributed by atoms with Crippen molar-refractivity contribution in [2.45, 2.75) is 13.8 Å². The van der Waals surface area contributed by atoms with Crippen molar-refractivity contribution in [3.05, 3.63) is 58.9 Å². The second-order valence-electron chi connectivity index (χ2n) is 5.89. The molecule has 1 N–H and O–H groups in total. The minimum atomic E-state index is -0.414. The topological polar surface area (TPSA) is 84.3 Å². The average Bonchev–Trinajstić information content (AvgIpc) is 2.97. The van der Waals surface area contributed by atoms with E-state index in [0.29, 0.717) is 22.5 Å². The van der Waals surface area contributed by atoms with Gasteiger partial charge in [0.25, 0.3) is 17.7 Å². The predicted molar refractivity (Wildman–Crippen MR) is 92.6 cm³/mol. The number of hydrogen-bond donors (Lipinski definition) is 1. The van der Waals surface area contributed by atoms with Gasteiger partial charge in [-0.3, -0.25) is 24.0 Å². The van der Waals surface area contributed by atoms with Gasteiger partial charge < -0.3 is 5.32 Å². The van der Waals surface area contributed by atoms with Crippen LogP contribution in [0.4, 0.5) is 5.69 Å². The Morgan fingerprint density at radius 2 is 1.92 bits per heavy atom. The lowest BCUT2D eigenvalue weighted by Crippen LogP contribution is -2.29. The summed E-state index contributed by atoms with van der Waals surface area (Å²) in [4.78, 5) is 38.2. The fourth-order valence-electron chi connectivity index (χ4n) is 2.87. The van der Waals surface area contributed by atoms with Crippen molar-refractivity contribution in [3.8, 4) is 0 Å². The molecule has 0 aliphatic carbocycles. The number of carbonyl (C=O) groups excluding carboxylic acids is 3. The molecule has 3 rings (SSSR count). The lowest BCUT2D eigenvalue weighted by atomic mass is 10.1. The van der Waals surface area contributed by atoms with Gasteiger partial charge in [0.15, 0.2) is 0 Å². The maximum atomic E-state index is 12.5. The van der Waals surface area contributed by atoms with Crippen LogP contribution in [0.2, 0.25) is 0 Å². The molecule has 0 fully saturated rings. The molecule has 1 aromatic heterocycles. The Bertz CT molecular complexity index is 927. The molecule has 25 heavy (non-hydrogen) atoms. The second kappa shape index (κ2) is 6.01. The van der Waals surface area contributed by atoms with Crippen LogP contribution in [-0.4, -0.2) is 38.9 Å². The van der Waals surface area contributed by atoms with Gasteiger partial charge in [-0.05, 0) is 32.0 Å². The van der Waals surface area contributed by atoms with E-state index >= 15 is 0 Å². The first-order valence-corrected chi connectivity index (χ1v) is 7.77. The summed E-state index contributed by atoms with van der Waals surface area (Å²) in [6.07, 6.45) is 1.49. The number of benzene rings is 1. The van der Waals surface area contributed by atoms with Gasteiger partial charge in [-0.25, -0.2) is 0 Å². The molecule has 2 aromatic rings. The van der Waals surface area contributed by atoms with Gasteiger partial charge in [0.05, 0.1) is 28.2 Å². The van der Waals surface area contributed by atoms with Gasteiger partial charge in [-0.2, -0.15) is 5.10 Å². The largest absolute Gasteiger partial charge is 0.319 e. The molecule has 0 unspecified atom stereocenters. The number of anilines is 1. The third-order valence-electron chi connectivity index (χ3n) is 4.29. The zero-order valence-electron chi connectivity index (χ0n) is 14.3. The lowest BCUT2D eigenvalue weighted by Gasteiger charge is -2.09. The minimum absolute atomic E-state index is 0.141. The summed E-state index contributed by atoms with van der Waals surface area (Å²) in [6, 6.07) is 4.50. The Hall–Kier alpha value is -3.22. The summed E-state index contributed by atoms with van der Waals surface area (Å²) in [7, 11) is 1.80. The van der Waals surface area contributed by atoms with Gasteiger partial charge in [-0.15, -0.1) is 6.58 Å². The normalized spacial score (nSPS) is 13.2. The van der Waals surface area contributed by atoms with Crippen LogP contribution >= 0.6 is 0 Å². The Balaban J connectivity index is 1.91. The highest BCUT2D eigenvalue weighted by molar-refractivity contribution is 6.22. The number of aryl methyl sites for hydroxylation is 2. The van der Waals surface area contributed by atoms with Crippen LogP contribution in [0.1, 0.15) is 42.5 Å². The molecular weight excluding hydrogens is 320 g/mol. The number of rotatable bonds is 4. The highest BCUT2D eigenvalue weighted by atomic mass is 16.2. The number of nitrogens with zero attached hydrogens (tertiary/aromatic N) is 3. The van der Waals surface area contributed by atoms with E-state index in [1.54, 1.807) is 18.7 Å². The van der Waals surface area contributed by atoms with Crippen LogP contribution in [0.15, 0.2) is 30.9 Å². The third-order valence-corrected chi connectivity index (χ3v) is 4.29. The van der Waals surface area contributed by atoms with E-state index < -0.39 is 5.91 Å². The van der Waals surface area contributed by atoms with E-state index in [1.807, 2.05) is 6.92 Å². The lowest BCUT2D eigenvalue weighted by molar-refractivity contribution is 0.0672. The van der Waals surface area contributed by atoms with E-state index in [9.17, 15) is 14.4 Å². The van der Waals surface area contributed by atoms with Gasteiger partial charge in [0, 0.05) is 19.2 Å². The minimum Gasteiger partial charge on any atom is -0.319 e. The van der Waals surface area contributed by atoms with Gasteiger partial charge in [0.2, 0.25) is 0 Å². The summed E-state index contributed by atoms with van der Waals surface area (Å²) < 4.78 is 1.68. The molecule has 3 amide bonds. The van der Waals surface area contributed by atoms with Crippen molar-refractivity contribution < 1.29 is 14.4 Å². The maximum absolute atomic E-state index is 12.5. The molecule has 7 nitrogen and oxygen atoms in total. The average molecular weight is 338 g/mol. The number of amides is 3. The highest BCUT2D eigenvalue weighted by Gasteiger charge is 2.35. The Morgan fingerprint density at radius 1 is 1.24 bits per heavy atom. The SMILES string of the molecule is C=CCN1C(=O)c2ccc(C(=O)Nc3c(C)nn(C)c3C)cc2C1=O. The quantitative estimate of drug-likeness (QED) is 0.683. The Labute approximate surface area is 144 Å². The summed E-state index contributed by atoms with van der Waals surface area (Å²) >= 11 is 0. The van der Waals surface area contributed by atoms with Crippen LogP contribution in [0, 0.1) is 13.8 Å². The Kier molecular flexibility index (Phi) is 4.00. The van der Waals surface area contributed by atoms with Gasteiger partial charge in [0.1, 0.15) is 0 Å². The molecule has 0 bridgehead atoms. The number of hydrogen-bond acceptors (Lipinski definition) is 4. The number of imide groups is 1. The number of aromatic nitrogens is 2. The standard InChI is InChI=1S/C18H18N4O3/c1-5-8-22-17(24)13-7-6-12(9-14(13)18(22)25)16(23)19-15-10(2)20-21(4)11(15)3/h5-7,9H,1,8H2,2-4H3,(H,19,23). The maximum Gasteiger partial charge on any atom is 0.261 e.